The zero-order valence-electron chi connectivity index (χ0n) is 20.1. The quantitative estimate of drug-likeness (QED) is 0.312. The highest BCUT2D eigenvalue weighted by Gasteiger charge is 2.28. The molecule has 0 saturated heterocycles. The SMILES string of the molecule is CCOC(=O)c1cnn2c(-c3cccc(NC(=O)c4cc5nc(C6CC6)cc(C(F)F)n5n4)c3)ccnc12. The number of alkyl halides is 2. The van der Waals surface area contributed by atoms with Gasteiger partial charge in [0.2, 0.25) is 0 Å². The molecule has 4 heterocycles. The number of hydrogen-bond donors (Lipinski definition) is 1. The predicted molar refractivity (Wildman–Crippen MR) is 132 cm³/mol. The van der Waals surface area contributed by atoms with Crippen LogP contribution in [0, 0.1) is 0 Å². The minimum atomic E-state index is -2.76. The molecule has 0 bridgehead atoms. The van der Waals surface area contributed by atoms with Crippen molar-refractivity contribution >= 4 is 28.9 Å². The third-order valence-electron chi connectivity index (χ3n) is 6.24. The Morgan fingerprint density at radius 3 is 2.76 bits per heavy atom. The number of hydrogen-bond acceptors (Lipinski definition) is 7. The lowest BCUT2D eigenvalue weighted by atomic mass is 10.1. The first-order chi connectivity index (χ1) is 18.4. The van der Waals surface area contributed by atoms with Gasteiger partial charge in [-0.2, -0.15) is 10.2 Å². The van der Waals surface area contributed by atoms with Crippen molar-refractivity contribution in [1.82, 2.24) is 29.2 Å². The van der Waals surface area contributed by atoms with Gasteiger partial charge in [0.15, 0.2) is 17.0 Å². The van der Waals surface area contributed by atoms with E-state index in [0.29, 0.717) is 28.3 Å². The number of carbonyl (C=O) groups is 2. The number of halogens is 2. The minimum Gasteiger partial charge on any atom is -0.462 e. The molecule has 12 heteroatoms. The van der Waals surface area contributed by atoms with Crippen LogP contribution in [0.3, 0.4) is 0 Å². The smallest absolute Gasteiger partial charge is 0.343 e. The molecule has 6 rings (SSSR count). The number of rotatable bonds is 7. The van der Waals surface area contributed by atoms with E-state index in [0.717, 1.165) is 17.4 Å². The second-order valence-corrected chi connectivity index (χ2v) is 8.86. The summed E-state index contributed by atoms with van der Waals surface area (Å²) in [6.45, 7) is 1.94. The normalized spacial score (nSPS) is 13.4. The molecule has 0 spiro atoms. The van der Waals surface area contributed by atoms with Crippen LogP contribution < -0.4 is 5.32 Å². The monoisotopic (exact) mass is 517 g/mol. The molecular weight excluding hydrogens is 496 g/mol. The van der Waals surface area contributed by atoms with Crippen LogP contribution in [0.1, 0.15) is 64.3 Å². The van der Waals surface area contributed by atoms with Crippen LogP contribution in [0.5, 0.6) is 0 Å². The number of aromatic nitrogens is 6. The summed E-state index contributed by atoms with van der Waals surface area (Å²) in [4.78, 5) is 34.0. The molecule has 1 N–H and O–H groups in total. The fourth-order valence-electron chi connectivity index (χ4n) is 4.29. The topological polar surface area (TPSA) is 116 Å². The van der Waals surface area contributed by atoms with Crippen molar-refractivity contribution in [2.45, 2.75) is 32.1 Å². The minimum absolute atomic E-state index is 0.0322. The van der Waals surface area contributed by atoms with E-state index in [4.69, 9.17) is 4.74 Å². The number of esters is 1. The Balaban J connectivity index is 1.30. The molecular formula is C26H21F2N7O3. The average molecular weight is 517 g/mol. The van der Waals surface area contributed by atoms with E-state index in [1.165, 1.54) is 22.8 Å². The summed E-state index contributed by atoms with van der Waals surface area (Å²) in [7, 11) is 0. The Labute approximate surface area is 214 Å². The van der Waals surface area contributed by atoms with Gasteiger partial charge in [0, 0.05) is 35.1 Å². The van der Waals surface area contributed by atoms with Gasteiger partial charge in [-0.15, -0.1) is 0 Å². The largest absolute Gasteiger partial charge is 0.462 e. The number of nitrogens with zero attached hydrogens (tertiary/aromatic N) is 6. The van der Waals surface area contributed by atoms with Gasteiger partial charge in [-0.1, -0.05) is 12.1 Å². The van der Waals surface area contributed by atoms with Crippen molar-refractivity contribution in [3.05, 3.63) is 77.5 Å². The van der Waals surface area contributed by atoms with Gasteiger partial charge in [0.25, 0.3) is 12.3 Å². The lowest BCUT2D eigenvalue weighted by molar-refractivity contribution is 0.0528. The van der Waals surface area contributed by atoms with E-state index in [1.54, 1.807) is 37.4 Å². The van der Waals surface area contributed by atoms with Gasteiger partial charge in [-0.25, -0.2) is 32.6 Å². The maximum Gasteiger partial charge on any atom is 0.343 e. The van der Waals surface area contributed by atoms with Crippen LogP contribution in [-0.2, 0) is 4.74 Å². The predicted octanol–water partition coefficient (Wildman–Crippen LogP) is 4.68. The van der Waals surface area contributed by atoms with Crippen LogP contribution in [-0.4, -0.2) is 47.7 Å². The van der Waals surface area contributed by atoms with E-state index in [-0.39, 0.29) is 35.1 Å². The molecule has 1 aliphatic carbocycles. The first kappa shape index (κ1) is 23.6. The van der Waals surface area contributed by atoms with E-state index >= 15 is 0 Å². The van der Waals surface area contributed by atoms with Crippen molar-refractivity contribution in [1.29, 1.82) is 0 Å². The van der Waals surface area contributed by atoms with Crippen LogP contribution in [0.15, 0.2) is 54.9 Å². The summed E-state index contributed by atoms with van der Waals surface area (Å²) in [5, 5.41) is 11.2. The van der Waals surface area contributed by atoms with Crippen molar-refractivity contribution in [3.8, 4) is 11.3 Å². The highest BCUT2D eigenvalue weighted by molar-refractivity contribution is 6.03. The highest BCUT2D eigenvalue weighted by atomic mass is 19.3. The molecule has 4 aromatic heterocycles. The summed E-state index contributed by atoms with van der Waals surface area (Å²) in [5.41, 5.74) is 2.84. The van der Waals surface area contributed by atoms with Crippen molar-refractivity contribution in [2.24, 2.45) is 0 Å². The molecule has 1 aliphatic rings. The molecule has 0 unspecified atom stereocenters. The number of fused-ring (bicyclic) bond motifs is 2. The number of amides is 1. The molecule has 1 saturated carbocycles. The number of benzene rings is 1. The second kappa shape index (κ2) is 9.29. The first-order valence-corrected chi connectivity index (χ1v) is 12.0. The zero-order chi connectivity index (χ0) is 26.4. The van der Waals surface area contributed by atoms with Crippen molar-refractivity contribution < 1.29 is 23.1 Å². The summed E-state index contributed by atoms with van der Waals surface area (Å²) in [6.07, 6.45) is 2.02. The van der Waals surface area contributed by atoms with Gasteiger partial charge >= 0.3 is 5.97 Å². The molecule has 0 aliphatic heterocycles. The third-order valence-corrected chi connectivity index (χ3v) is 6.24. The Bertz CT molecular complexity index is 1710. The summed E-state index contributed by atoms with van der Waals surface area (Å²) >= 11 is 0. The van der Waals surface area contributed by atoms with Gasteiger partial charge in [0.05, 0.1) is 18.5 Å². The molecule has 0 atom stereocenters. The lowest BCUT2D eigenvalue weighted by Crippen LogP contribution is -2.13. The van der Waals surface area contributed by atoms with Crippen LogP contribution >= 0.6 is 0 Å². The van der Waals surface area contributed by atoms with Crippen LogP contribution in [0.4, 0.5) is 14.5 Å². The third kappa shape index (κ3) is 4.23. The molecule has 5 aromatic rings. The maximum absolute atomic E-state index is 13.7. The van der Waals surface area contributed by atoms with E-state index in [9.17, 15) is 18.4 Å². The molecule has 192 valence electrons. The highest BCUT2D eigenvalue weighted by Crippen LogP contribution is 2.40. The number of ether oxygens (including phenoxy) is 1. The fraction of sp³-hybridized carbons (Fsp3) is 0.231. The lowest BCUT2D eigenvalue weighted by Gasteiger charge is -2.08. The fourth-order valence-corrected chi connectivity index (χ4v) is 4.29. The number of anilines is 1. The van der Waals surface area contributed by atoms with Crippen molar-refractivity contribution in [2.75, 3.05) is 11.9 Å². The van der Waals surface area contributed by atoms with Gasteiger partial charge in [0.1, 0.15) is 11.3 Å². The first-order valence-electron chi connectivity index (χ1n) is 12.0. The van der Waals surface area contributed by atoms with Crippen molar-refractivity contribution in [3.63, 3.8) is 0 Å². The maximum atomic E-state index is 13.7. The van der Waals surface area contributed by atoms with Crippen LogP contribution in [0.25, 0.3) is 22.6 Å². The molecule has 10 nitrogen and oxygen atoms in total. The Kier molecular flexibility index (Phi) is 5.78. The standard InChI is InChI=1S/C26H21F2N7O3/c1-2-38-26(37)17-13-30-35-20(8-9-29-24(17)35)15-4-3-5-16(10-15)31-25(36)19-12-22-32-18(14-6-7-14)11-21(23(27)28)34(22)33-19/h3-5,8-14,23H,2,6-7H2,1H3,(H,31,36). The summed E-state index contributed by atoms with van der Waals surface area (Å²) < 4.78 is 35.0. The van der Waals surface area contributed by atoms with E-state index in [1.807, 2.05) is 6.07 Å². The molecule has 1 amide bonds. The number of nitrogens with one attached hydrogen (secondary N) is 1. The van der Waals surface area contributed by atoms with Gasteiger partial charge < -0.3 is 10.1 Å². The molecule has 38 heavy (non-hydrogen) atoms. The summed E-state index contributed by atoms with van der Waals surface area (Å²) in [5.74, 6) is -0.908. The number of carbonyl (C=O) groups excluding carboxylic acids is 2. The Morgan fingerprint density at radius 2 is 2.00 bits per heavy atom. The Hall–Kier alpha value is -4.74. The van der Waals surface area contributed by atoms with Gasteiger partial charge in [-0.3, -0.25) is 4.79 Å². The second-order valence-electron chi connectivity index (χ2n) is 8.86. The van der Waals surface area contributed by atoms with E-state index in [2.05, 4.69) is 25.5 Å². The summed E-state index contributed by atoms with van der Waals surface area (Å²) in [6, 6.07) is 11.5. The molecule has 1 fully saturated rings. The molecule has 0 radical (unpaired) electrons. The van der Waals surface area contributed by atoms with Gasteiger partial charge in [-0.05, 0) is 44.0 Å². The average Bonchev–Trinajstić information content (AvgIpc) is 3.52. The molecule has 1 aromatic carbocycles. The van der Waals surface area contributed by atoms with Crippen LogP contribution in [0.2, 0.25) is 0 Å². The van der Waals surface area contributed by atoms with E-state index < -0.39 is 18.3 Å². The Morgan fingerprint density at radius 1 is 1.16 bits per heavy atom. The zero-order valence-corrected chi connectivity index (χ0v) is 20.1.